The molecule has 1 aliphatic rings. The Bertz CT molecular complexity index is 886. The summed E-state index contributed by atoms with van der Waals surface area (Å²) in [7, 11) is 0. The van der Waals surface area contributed by atoms with Crippen LogP contribution >= 0.6 is 15.9 Å². The first-order valence-electron chi connectivity index (χ1n) is 8.78. The minimum Gasteiger partial charge on any atom is -0.463 e. The lowest BCUT2D eigenvalue weighted by atomic mass is 9.79. The molecule has 1 aromatic rings. The molecule has 9 nitrogen and oxygen atoms in total. The Labute approximate surface area is 174 Å². The van der Waals surface area contributed by atoms with Gasteiger partial charge in [0.05, 0.1) is 34.4 Å². The third-order valence-electron chi connectivity index (χ3n) is 4.44. The van der Waals surface area contributed by atoms with E-state index in [4.69, 9.17) is 4.74 Å². The van der Waals surface area contributed by atoms with Gasteiger partial charge in [-0.3, -0.25) is 25.2 Å². The quantitative estimate of drug-likeness (QED) is 0.243. The molecule has 0 amide bonds. The van der Waals surface area contributed by atoms with E-state index in [9.17, 15) is 29.4 Å². The summed E-state index contributed by atoms with van der Waals surface area (Å²) in [5.41, 5.74) is 0.176. The molecule has 0 N–H and O–H groups in total. The van der Waals surface area contributed by atoms with Crippen molar-refractivity contribution in [3.05, 3.63) is 61.3 Å². The number of esters is 1. The van der Waals surface area contributed by atoms with Crippen molar-refractivity contribution in [1.29, 1.82) is 0 Å². The maximum absolute atomic E-state index is 13.3. The van der Waals surface area contributed by atoms with Crippen LogP contribution in [0.3, 0.4) is 0 Å². The van der Waals surface area contributed by atoms with E-state index in [0.717, 1.165) is 0 Å². The van der Waals surface area contributed by atoms with Crippen LogP contribution < -0.4 is 0 Å². The van der Waals surface area contributed by atoms with Gasteiger partial charge in [0.1, 0.15) is 0 Å². The Morgan fingerprint density at radius 1 is 1.38 bits per heavy atom. The Kier molecular flexibility index (Phi) is 7.54. The molecular formula is C18H19BrFN3O6. The number of ether oxygens (including phenoxy) is 1. The highest BCUT2D eigenvalue weighted by atomic mass is 79.9. The number of halogens is 2. The molecular weight excluding hydrogens is 453 g/mol. The third-order valence-corrected chi connectivity index (χ3v) is 4.90. The van der Waals surface area contributed by atoms with E-state index < -0.39 is 32.9 Å². The number of aliphatic imine (C=N–C) groups is 1. The van der Waals surface area contributed by atoms with Crippen LogP contribution in [-0.4, -0.2) is 39.3 Å². The molecule has 0 saturated carbocycles. The van der Waals surface area contributed by atoms with E-state index in [-0.39, 0.29) is 47.7 Å². The van der Waals surface area contributed by atoms with E-state index >= 15 is 0 Å². The number of carbonyl (C=O) groups is 1. The van der Waals surface area contributed by atoms with Crippen molar-refractivity contribution >= 4 is 33.3 Å². The summed E-state index contributed by atoms with van der Waals surface area (Å²) in [5, 5.41) is 21.6. The monoisotopic (exact) mass is 471 g/mol. The van der Waals surface area contributed by atoms with E-state index in [1.807, 2.05) is 0 Å². The molecule has 11 heteroatoms. The predicted molar refractivity (Wildman–Crippen MR) is 106 cm³/mol. The molecule has 0 spiro atoms. The number of nitro groups is 2. The standard InChI is InChI=1S/C18H19BrFN3O6/c1-3-29-18(24)16-13(7-8-14(19)20)21-10(2)17(23(27)28)15(16)11-5-4-6-12(9-11)22(25)26/h4-6,9,14-15,17H,3,7-8H2,1-2H3. The Morgan fingerprint density at radius 3 is 2.62 bits per heavy atom. The number of non-ortho nitro benzene ring substituents is 1. The summed E-state index contributed by atoms with van der Waals surface area (Å²) in [4.78, 5) is 38.7. The molecule has 1 heterocycles. The fraction of sp³-hybridized carbons (Fsp3) is 0.444. The van der Waals surface area contributed by atoms with Crippen molar-refractivity contribution in [3.63, 3.8) is 0 Å². The SMILES string of the molecule is CCOC(=O)C1=C(CCC(F)Br)N=C(C)C([N+](=O)[O-])C1c1cccc([N+](=O)[O-])c1. The first-order chi connectivity index (χ1) is 13.7. The molecule has 1 aliphatic heterocycles. The van der Waals surface area contributed by atoms with Gasteiger partial charge in [-0.1, -0.05) is 28.1 Å². The fourth-order valence-electron chi connectivity index (χ4n) is 3.26. The number of rotatable bonds is 8. The first-order valence-corrected chi connectivity index (χ1v) is 9.70. The van der Waals surface area contributed by atoms with Crippen molar-refractivity contribution in [3.8, 4) is 0 Å². The molecule has 0 bridgehead atoms. The van der Waals surface area contributed by atoms with Gasteiger partial charge in [-0.15, -0.1) is 0 Å². The summed E-state index contributed by atoms with van der Waals surface area (Å²) in [6.45, 7) is 3.05. The Balaban J connectivity index is 2.71. The van der Waals surface area contributed by atoms with E-state index in [1.165, 1.54) is 31.2 Å². The second-order valence-electron chi connectivity index (χ2n) is 6.32. The fourth-order valence-corrected chi connectivity index (χ4v) is 3.49. The summed E-state index contributed by atoms with van der Waals surface area (Å²) < 4.78 is 18.4. The van der Waals surface area contributed by atoms with Gasteiger partial charge < -0.3 is 4.74 Å². The highest BCUT2D eigenvalue weighted by molar-refractivity contribution is 9.09. The van der Waals surface area contributed by atoms with Crippen molar-refractivity contribution in [2.75, 3.05) is 6.61 Å². The van der Waals surface area contributed by atoms with Crippen LogP contribution in [0.4, 0.5) is 10.1 Å². The number of hydrogen-bond acceptors (Lipinski definition) is 7. The van der Waals surface area contributed by atoms with Gasteiger partial charge in [-0.25, -0.2) is 9.18 Å². The summed E-state index contributed by atoms with van der Waals surface area (Å²) >= 11 is 2.79. The topological polar surface area (TPSA) is 125 Å². The van der Waals surface area contributed by atoms with Crippen LogP contribution in [-0.2, 0) is 9.53 Å². The maximum atomic E-state index is 13.3. The van der Waals surface area contributed by atoms with Crippen molar-refractivity contribution in [2.24, 2.45) is 4.99 Å². The van der Waals surface area contributed by atoms with Gasteiger partial charge in [0.25, 0.3) is 11.7 Å². The molecule has 29 heavy (non-hydrogen) atoms. The van der Waals surface area contributed by atoms with Crippen LogP contribution in [0, 0.1) is 20.2 Å². The Hall–Kier alpha value is -2.69. The van der Waals surface area contributed by atoms with Gasteiger partial charge in [0.2, 0.25) is 0 Å². The molecule has 0 aromatic heterocycles. The predicted octanol–water partition coefficient (Wildman–Crippen LogP) is 4.09. The molecule has 156 valence electrons. The summed E-state index contributed by atoms with van der Waals surface area (Å²) in [6, 6.07) is 3.90. The molecule has 0 fully saturated rings. The molecule has 3 unspecified atom stereocenters. The van der Waals surface area contributed by atoms with Gasteiger partial charge in [-0.2, -0.15) is 0 Å². The smallest absolute Gasteiger partial charge is 0.336 e. The van der Waals surface area contributed by atoms with Crippen LogP contribution in [0.1, 0.15) is 38.2 Å². The lowest BCUT2D eigenvalue weighted by molar-refractivity contribution is -0.505. The zero-order valence-electron chi connectivity index (χ0n) is 15.7. The highest BCUT2D eigenvalue weighted by Crippen LogP contribution is 2.39. The number of allylic oxidation sites excluding steroid dienone is 1. The Morgan fingerprint density at radius 2 is 2.07 bits per heavy atom. The zero-order chi connectivity index (χ0) is 21.7. The molecule has 0 saturated heterocycles. The average Bonchev–Trinajstić information content (AvgIpc) is 2.65. The average molecular weight is 472 g/mol. The molecule has 2 rings (SSSR count). The first kappa shape index (κ1) is 22.6. The lowest BCUT2D eigenvalue weighted by Crippen LogP contribution is -2.40. The lowest BCUT2D eigenvalue weighted by Gasteiger charge is -2.28. The molecule has 3 atom stereocenters. The van der Waals surface area contributed by atoms with Gasteiger partial charge in [-0.05, 0) is 32.3 Å². The van der Waals surface area contributed by atoms with Crippen LogP contribution in [0.2, 0.25) is 0 Å². The van der Waals surface area contributed by atoms with E-state index in [0.29, 0.717) is 0 Å². The van der Waals surface area contributed by atoms with Crippen molar-refractivity contribution < 1.29 is 23.8 Å². The van der Waals surface area contributed by atoms with E-state index in [2.05, 4.69) is 20.9 Å². The van der Waals surface area contributed by atoms with Gasteiger partial charge in [0.15, 0.2) is 5.08 Å². The molecule has 0 radical (unpaired) electrons. The number of hydrogen-bond donors (Lipinski definition) is 0. The number of carbonyl (C=O) groups excluding carboxylic acids is 1. The minimum absolute atomic E-state index is 0.0141. The molecule has 1 aromatic carbocycles. The van der Waals surface area contributed by atoms with E-state index in [1.54, 1.807) is 6.92 Å². The second kappa shape index (κ2) is 9.68. The number of benzene rings is 1. The summed E-state index contributed by atoms with van der Waals surface area (Å²) in [6.07, 6.45) is 0.0214. The highest BCUT2D eigenvalue weighted by Gasteiger charge is 2.45. The van der Waals surface area contributed by atoms with Crippen LogP contribution in [0.5, 0.6) is 0 Å². The molecule has 0 aliphatic carbocycles. The van der Waals surface area contributed by atoms with Crippen LogP contribution in [0.25, 0.3) is 0 Å². The van der Waals surface area contributed by atoms with Crippen LogP contribution in [0.15, 0.2) is 40.5 Å². The third kappa shape index (κ3) is 5.22. The largest absolute Gasteiger partial charge is 0.463 e. The number of alkyl halides is 2. The van der Waals surface area contributed by atoms with Gasteiger partial charge >= 0.3 is 5.97 Å². The number of nitro benzene ring substituents is 1. The zero-order valence-corrected chi connectivity index (χ0v) is 17.3. The second-order valence-corrected chi connectivity index (χ2v) is 7.32. The van der Waals surface area contributed by atoms with Gasteiger partial charge in [0, 0.05) is 17.1 Å². The van der Waals surface area contributed by atoms with Crippen molar-refractivity contribution in [1.82, 2.24) is 0 Å². The normalized spacial score (nSPS) is 20.1. The summed E-state index contributed by atoms with van der Waals surface area (Å²) in [5.74, 6) is -1.96. The minimum atomic E-state index is -1.41. The number of nitrogens with zero attached hydrogens (tertiary/aromatic N) is 3. The van der Waals surface area contributed by atoms with Crippen molar-refractivity contribution in [2.45, 2.75) is 43.7 Å². The maximum Gasteiger partial charge on any atom is 0.336 e.